The number of hydrogen-bond acceptors (Lipinski definition) is 3. The first-order chi connectivity index (χ1) is 12.5. The van der Waals surface area contributed by atoms with Gasteiger partial charge in [0.25, 0.3) is 0 Å². The fourth-order valence-electron chi connectivity index (χ4n) is 3.83. The van der Waals surface area contributed by atoms with Gasteiger partial charge in [-0.1, -0.05) is 77.7 Å². The van der Waals surface area contributed by atoms with Gasteiger partial charge in [0.2, 0.25) is 0 Å². The molecule has 0 spiro atoms. The van der Waals surface area contributed by atoms with Gasteiger partial charge in [0.15, 0.2) is 5.78 Å². The summed E-state index contributed by atoms with van der Waals surface area (Å²) in [6.07, 6.45) is 15.4. The van der Waals surface area contributed by atoms with Crippen LogP contribution in [0.25, 0.3) is 0 Å². The average Bonchev–Trinajstić information content (AvgIpc) is 2.98. The highest BCUT2D eigenvalue weighted by Gasteiger charge is 2.33. The molecule has 1 rings (SSSR count). The molecule has 0 amide bonds. The third-order valence-electron chi connectivity index (χ3n) is 5.68. The second-order valence-electron chi connectivity index (χ2n) is 7.95. The summed E-state index contributed by atoms with van der Waals surface area (Å²) in [5, 5.41) is 19.4. The van der Waals surface area contributed by atoms with E-state index in [2.05, 4.69) is 6.92 Å². The molecule has 0 aliphatic heterocycles. The van der Waals surface area contributed by atoms with Crippen molar-refractivity contribution < 1.29 is 19.8 Å². The van der Waals surface area contributed by atoms with Gasteiger partial charge >= 0.3 is 5.97 Å². The molecule has 4 nitrogen and oxygen atoms in total. The minimum absolute atomic E-state index is 0.0314. The molecule has 2 unspecified atom stereocenters. The van der Waals surface area contributed by atoms with Crippen LogP contribution in [-0.2, 0) is 9.59 Å². The summed E-state index contributed by atoms with van der Waals surface area (Å²) in [5.41, 5.74) is 0. The number of carbonyl (C=O) groups is 2. The summed E-state index contributed by atoms with van der Waals surface area (Å²) in [6.45, 7) is 3.95. The van der Waals surface area contributed by atoms with Crippen molar-refractivity contribution in [2.75, 3.05) is 0 Å². The van der Waals surface area contributed by atoms with Crippen molar-refractivity contribution in [1.82, 2.24) is 0 Å². The third kappa shape index (κ3) is 8.48. The number of unbranched alkanes of at least 4 members (excludes halogenated alkanes) is 7. The van der Waals surface area contributed by atoms with E-state index in [4.69, 9.17) is 5.11 Å². The monoisotopic (exact) mass is 366 g/mol. The molecular formula is C22H38O4. The van der Waals surface area contributed by atoms with Crippen molar-refractivity contribution in [2.24, 2.45) is 17.8 Å². The summed E-state index contributed by atoms with van der Waals surface area (Å²) in [7, 11) is 0. The van der Waals surface area contributed by atoms with Gasteiger partial charge < -0.3 is 10.2 Å². The van der Waals surface area contributed by atoms with Crippen LogP contribution >= 0.6 is 0 Å². The second kappa shape index (κ2) is 13.1. The number of aliphatic hydroxyl groups excluding tert-OH is 1. The number of rotatable bonds is 15. The Labute approximate surface area is 159 Å². The van der Waals surface area contributed by atoms with E-state index < -0.39 is 12.1 Å². The number of ketones is 1. The predicted molar refractivity (Wildman–Crippen MR) is 105 cm³/mol. The van der Waals surface area contributed by atoms with Crippen LogP contribution in [0.5, 0.6) is 0 Å². The van der Waals surface area contributed by atoms with Crippen molar-refractivity contribution in [3.63, 3.8) is 0 Å². The maximum Gasteiger partial charge on any atom is 0.306 e. The van der Waals surface area contributed by atoms with Gasteiger partial charge in [-0.3, -0.25) is 9.59 Å². The van der Waals surface area contributed by atoms with Gasteiger partial charge in [0.05, 0.1) is 12.0 Å². The molecule has 1 aliphatic rings. The quantitative estimate of drug-likeness (QED) is 0.394. The number of carboxylic acids is 1. The largest absolute Gasteiger partial charge is 0.481 e. The van der Waals surface area contributed by atoms with Crippen LogP contribution in [0.1, 0.15) is 90.9 Å². The van der Waals surface area contributed by atoms with E-state index in [0.717, 1.165) is 44.9 Å². The molecule has 0 aromatic carbocycles. The summed E-state index contributed by atoms with van der Waals surface area (Å²) in [5.74, 6) is -0.997. The van der Waals surface area contributed by atoms with E-state index in [9.17, 15) is 14.7 Å². The number of allylic oxidation sites excluding steroid dienone is 1. The number of carboxylic acid groups (broad SMARTS) is 1. The third-order valence-corrected chi connectivity index (χ3v) is 5.68. The molecule has 0 saturated carbocycles. The molecular weight excluding hydrogens is 328 g/mol. The van der Waals surface area contributed by atoms with Crippen LogP contribution in [0, 0.1) is 17.8 Å². The van der Waals surface area contributed by atoms with Crippen molar-refractivity contribution >= 4 is 11.8 Å². The molecule has 4 atom stereocenters. The van der Waals surface area contributed by atoms with Crippen LogP contribution in [0.3, 0.4) is 0 Å². The Morgan fingerprint density at radius 3 is 2.35 bits per heavy atom. The van der Waals surface area contributed by atoms with Gasteiger partial charge in [-0.25, -0.2) is 0 Å². The van der Waals surface area contributed by atoms with E-state index in [1.165, 1.54) is 25.7 Å². The molecule has 0 aromatic rings. The van der Waals surface area contributed by atoms with Crippen LogP contribution in [0.4, 0.5) is 0 Å². The SMILES string of the molecule is CCCCCCCCC(O)[C@H]1C=CC(=O)[C@@H]1CCCCCC(C)C(=O)O. The summed E-state index contributed by atoms with van der Waals surface area (Å²) in [6, 6.07) is 0. The smallest absolute Gasteiger partial charge is 0.306 e. The number of aliphatic hydroxyl groups is 1. The molecule has 0 radical (unpaired) electrons. The molecule has 150 valence electrons. The van der Waals surface area contributed by atoms with Gasteiger partial charge in [0, 0.05) is 11.8 Å². The average molecular weight is 367 g/mol. The summed E-state index contributed by atoms with van der Waals surface area (Å²) < 4.78 is 0. The van der Waals surface area contributed by atoms with Crippen molar-refractivity contribution in [3.05, 3.63) is 12.2 Å². The highest BCUT2D eigenvalue weighted by molar-refractivity contribution is 5.94. The van der Waals surface area contributed by atoms with Crippen molar-refractivity contribution in [2.45, 2.75) is 97.0 Å². The number of aliphatic carboxylic acids is 1. The van der Waals surface area contributed by atoms with Gasteiger partial charge in [0.1, 0.15) is 0 Å². The van der Waals surface area contributed by atoms with Crippen molar-refractivity contribution in [1.29, 1.82) is 0 Å². The van der Waals surface area contributed by atoms with Crippen LogP contribution in [0.15, 0.2) is 12.2 Å². The molecule has 0 fully saturated rings. The van der Waals surface area contributed by atoms with Crippen molar-refractivity contribution in [3.8, 4) is 0 Å². The Morgan fingerprint density at radius 2 is 1.65 bits per heavy atom. The lowest BCUT2D eigenvalue weighted by Crippen LogP contribution is -2.27. The van der Waals surface area contributed by atoms with E-state index in [1.807, 2.05) is 6.08 Å². The molecule has 4 heteroatoms. The van der Waals surface area contributed by atoms with E-state index in [0.29, 0.717) is 6.42 Å². The van der Waals surface area contributed by atoms with E-state index in [1.54, 1.807) is 13.0 Å². The van der Waals surface area contributed by atoms with Gasteiger partial charge in [-0.15, -0.1) is 0 Å². The zero-order valence-electron chi connectivity index (χ0n) is 16.7. The maximum absolute atomic E-state index is 12.1. The number of carbonyl (C=O) groups excluding carboxylic acids is 1. The minimum atomic E-state index is -0.738. The lowest BCUT2D eigenvalue weighted by Gasteiger charge is -2.23. The lowest BCUT2D eigenvalue weighted by atomic mass is 9.84. The Bertz CT molecular complexity index is 443. The fraction of sp³-hybridized carbons (Fsp3) is 0.818. The Morgan fingerprint density at radius 1 is 1.04 bits per heavy atom. The Balaban J connectivity index is 2.24. The summed E-state index contributed by atoms with van der Waals surface area (Å²) >= 11 is 0. The van der Waals surface area contributed by atoms with E-state index >= 15 is 0 Å². The highest BCUT2D eigenvalue weighted by atomic mass is 16.4. The maximum atomic E-state index is 12.1. The molecule has 1 aliphatic carbocycles. The van der Waals surface area contributed by atoms with Crippen LogP contribution in [0.2, 0.25) is 0 Å². The van der Waals surface area contributed by atoms with E-state index in [-0.39, 0.29) is 23.5 Å². The summed E-state index contributed by atoms with van der Waals surface area (Å²) in [4.78, 5) is 22.9. The van der Waals surface area contributed by atoms with Crippen LogP contribution in [-0.4, -0.2) is 28.1 Å². The first-order valence-corrected chi connectivity index (χ1v) is 10.6. The Kier molecular flexibility index (Phi) is 11.5. The lowest BCUT2D eigenvalue weighted by molar-refractivity contribution is -0.141. The molecule has 2 N–H and O–H groups in total. The minimum Gasteiger partial charge on any atom is -0.481 e. The number of hydrogen-bond donors (Lipinski definition) is 2. The zero-order chi connectivity index (χ0) is 19.4. The standard InChI is InChI=1S/C22H38O4/c1-3-4-5-6-7-11-14-20(23)19-15-16-21(24)18(19)13-10-8-9-12-17(2)22(25)26/h15-20,23H,3-14H2,1-2H3,(H,25,26)/t17?,18-,19+,20?/m1/s1. The molecule has 0 bridgehead atoms. The zero-order valence-corrected chi connectivity index (χ0v) is 16.7. The molecule has 0 heterocycles. The van der Waals surface area contributed by atoms with Crippen LogP contribution < -0.4 is 0 Å². The Hall–Kier alpha value is -1.16. The topological polar surface area (TPSA) is 74.6 Å². The highest BCUT2D eigenvalue weighted by Crippen LogP contribution is 2.32. The molecule has 0 aromatic heterocycles. The van der Waals surface area contributed by atoms with Gasteiger partial charge in [-0.05, 0) is 25.3 Å². The fourth-order valence-corrected chi connectivity index (χ4v) is 3.83. The normalized spacial score (nSPS) is 21.9. The predicted octanol–water partition coefficient (Wildman–Crippen LogP) is 5.14. The van der Waals surface area contributed by atoms with Gasteiger partial charge in [-0.2, -0.15) is 0 Å². The molecule has 26 heavy (non-hydrogen) atoms. The first-order valence-electron chi connectivity index (χ1n) is 10.6. The molecule has 0 saturated heterocycles. The second-order valence-corrected chi connectivity index (χ2v) is 7.95. The first kappa shape index (κ1) is 22.9.